The van der Waals surface area contributed by atoms with Gasteiger partial charge in [0, 0.05) is 24.7 Å². The van der Waals surface area contributed by atoms with Crippen LogP contribution in [0.5, 0.6) is 0 Å². The molecule has 1 aromatic heterocycles. The summed E-state index contributed by atoms with van der Waals surface area (Å²) in [5.41, 5.74) is 0.805. The second kappa shape index (κ2) is 5.94. The van der Waals surface area contributed by atoms with E-state index < -0.39 is 6.03 Å². The molecule has 1 aromatic carbocycles. The molecule has 7 nitrogen and oxygen atoms in total. The van der Waals surface area contributed by atoms with Gasteiger partial charge in [-0.2, -0.15) is 0 Å². The van der Waals surface area contributed by atoms with Crippen LogP contribution in [0.15, 0.2) is 35.8 Å². The van der Waals surface area contributed by atoms with Gasteiger partial charge in [-0.3, -0.25) is 19.8 Å². The van der Waals surface area contributed by atoms with Gasteiger partial charge in [0.25, 0.3) is 11.8 Å². The molecule has 0 unspecified atom stereocenters. The van der Waals surface area contributed by atoms with E-state index in [4.69, 9.17) is 0 Å². The number of nitrogens with zero attached hydrogens (tertiary/aromatic N) is 2. The smallest absolute Gasteiger partial charge is 0.321 e. The second-order valence-electron chi connectivity index (χ2n) is 4.53. The van der Waals surface area contributed by atoms with Crippen molar-refractivity contribution in [2.75, 3.05) is 18.4 Å². The Balaban J connectivity index is 1.54. The molecule has 112 valence electrons. The lowest BCUT2D eigenvalue weighted by Crippen LogP contribution is -2.39. The number of nitrogens with one attached hydrogen (secondary N) is 2. The summed E-state index contributed by atoms with van der Waals surface area (Å²) in [6.45, 7) is 0.292. The molecule has 3 rings (SSSR count). The van der Waals surface area contributed by atoms with Crippen LogP contribution in [0.1, 0.15) is 20.7 Å². The van der Waals surface area contributed by atoms with Gasteiger partial charge in [0.05, 0.1) is 11.1 Å². The van der Waals surface area contributed by atoms with Crippen LogP contribution in [0.25, 0.3) is 0 Å². The van der Waals surface area contributed by atoms with E-state index in [2.05, 4.69) is 15.6 Å². The number of anilines is 1. The Morgan fingerprint density at radius 1 is 1.18 bits per heavy atom. The molecule has 2 heterocycles. The van der Waals surface area contributed by atoms with Crippen molar-refractivity contribution in [3.63, 3.8) is 0 Å². The summed E-state index contributed by atoms with van der Waals surface area (Å²) < 4.78 is 0. The first kappa shape index (κ1) is 14.2. The lowest BCUT2D eigenvalue weighted by atomic mass is 10.1. The first-order valence-electron chi connectivity index (χ1n) is 6.56. The summed E-state index contributed by atoms with van der Waals surface area (Å²) in [5, 5.41) is 7.37. The van der Waals surface area contributed by atoms with E-state index in [9.17, 15) is 14.4 Å². The Hall–Kier alpha value is -2.74. The minimum atomic E-state index is -0.424. The molecular formula is C14H12N4O3S. The van der Waals surface area contributed by atoms with Gasteiger partial charge in [0.1, 0.15) is 0 Å². The van der Waals surface area contributed by atoms with E-state index >= 15 is 0 Å². The fourth-order valence-electron chi connectivity index (χ4n) is 2.15. The SMILES string of the molecule is O=C(NCCN1C(=O)c2ccccc2C1=O)Nc1nccs1. The third kappa shape index (κ3) is 2.68. The van der Waals surface area contributed by atoms with Crippen molar-refractivity contribution in [3.05, 3.63) is 47.0 Å². The van der Waals surface area contributed by atoms with Gasteiger partial charge in [-0.05, 0) is 12.1 Å². The number of carbonyl (C=O) groups excluding carboxylic acids is 3. The number of imide groups is 1. The lowest BCUT2D eigenvalue weighted by molar-refractivity contribution is 0.0656. The molecule has 8 heteroatoms. The van der Waals surface area contributed by atoms with Gasteiger partial charge in [-0.15, -0.1) is 11.3 Å². The molecule has 22 heavy (non-hydrogen) atoms. The molecule has 2 N–H and O–H groups in total. The molecule has 0 atom stereocenters. The number of carbonyl (C=O) groups is 3. The van der Waals surface area contributed by atoms with Crippen LogP contribution in [0, 0.1) is 0 Å². The molecular weight excluding hydrogens is 304 g/mol. The molecule has 0 saturated carbocycles. The van der Waals surface area contributed by atoms with Crippen molar-refractivity contribution >= 4 is 34.3 Å². The summed E-state index contributed by atoms with van der Waals surface area (Å²) >= 11 is 1.30. The Bertz CT molecular complexity index is 694. The fraction of sp³-hybridized carbons (Fsp3) is 0.143. The molecule has 0 radical (unpaired) electrons. The summed E-state index contributed by atoms with van der Waals surface area (Å²) in [6.07, 6.45) is 1.58. The second-order valence-corrected chi connectivity index (χ2v) is 5.42. The van der Waals surface area contributed by atoms with Gasteiger partial charge in [0.2, 0.25) is 0 Å². The fourth-order valence-corrected chi connectivity index (χ4v) is 2.67. The van der Waals surface area contributed by atoms with Crippen molar-refractivity contribution in [3.8, 4) is 0 Å². The van der Waals surface area contributed by atoms with Gasteiger partial charge in [0.15, 0.2) is 5.13 Å². The molecule has 0 bridgehead atoms. The molecule has 1 aliphatic rings. The van der Waals surface area contributed by atoms with Gasteiger partial charge in [-0.1, -0.05) is 12.1 Å². The maximum atomic E-state index is 12.1. The van der Waals surface area contributed by atoms with Gasteiger partial charge < -0.3 is 5.32 Å². The zero-order valence-electron chi connectivity index (χ0n) is 11.4. The minimum Gasteiger partial charge on any atom is -0.336 e. The zero-order valence-corrected chi connectivity index (χ0v) is 12.2. The summed E-state index contributed by atoms with van der Waals surface area (Å²) in [6, 6.07) is 6.25. The highest BCUT2D eigenvalue weighted by atomic mass is 32.1. The molecule has 0 saturated heterocycles. The highest BCUT2D eigenvalue weighted by molar-refractivity contribution is 7.13. The molecule has 1 aliphatic heterocycles. The lowest BCUT2D eigenvalue weighted by Gasteiger charge is -2.14. The molecule has 4 amide bonds. The van der Waals surface area contributed by atoms with E-state index in [1.165, 1.54) is 11.3 Å². The zero-order chi connectivity index (χ0) is 15.5. The van der Waals surface area contributed by atoms with Crippen LogP contribution in [0.2, 0.25) is 0 Å². The van der Waals surface area contributed by atoms with E-state index in [1.54, 1.807) is 35.8 Å². The third-order valence-electron chi connectivity index (χ3n) is 3.15. The monoisotopic (exact) mass is 316 g/mol. The Kier molecular flexibility index (Phi) is 3.84. The molecule has 0 fully saturated rings. The number of rotatable bonds is 4. The number of thiazole rings is 1. The van der Waals surface area contributed by atoms with Crippen LogP contribution in [-0.4, -0.2) is 40.8 Å². The Morgan fingerprint density at radius 2 is 1.86 bits per heavy atom. The maximum absolute atomic E-state index is 12.1. The number of hydrogen-bond acceptors (Lipinski definition) is 5. The third-order valence-corrected chi connectivity index (χ3v) is 3.84. The number of benzene rings is 1. The van der Waals surface area contributed by atoms with Gasteiger partial charge >= 0.3 is 6.03 Å². The van der Waals surface area contributed by atoms with Crippen molar-refractivity contribution < 1.29 is 14.4 Å². The summed E-state index contributed by atoms with van der Waals surface area (Å²) in [5.74, 6) is -0.662. The van der Waals surface area contributed by atoms with Crippen molar-refractivity contribution in [1.29, 1.82) is 0 Å². The highest BCUT2D eigenvalue weighted by Crippen LogP contribution is 2.21. The molecule has 0 aliphatic carbocycles. The van der Waals surface area contributed by atoms with E-state index in [0.29, 0.717) is 16.3 Å². The van der Waals surface area contributed by atoms with Crippen molar-refractivity contribution in [2.24, 2.45) is 0 Å². The summed E-state index contributed by atoms with van der Waals surface area (Å²) in [4.78, 5) is 40.9. The van der Waals surface area contributed by atoms with Crippen molar-refractivity contribution in [2.45, 2.75) is 0 Å². The largest absolute Gasteiger partial charge is 0.336 e. The predicted octanol–water partition coefficient (Wildman–Crippen LogP) is 1.56. The van der Waals surface area contributed by atoms with Crippen LogP contribution in [-0.2, 0) is 0 Å². The van der Waals surface area contributed by atoms with Crippen LogP contribution in [0.3, 0.4) is 0 Å². The van der Waals surface area contributed by atoms with Gasteiger partial charge in [-0.25, -0.2) is 9.78 Å². The first-order valence-corrected chi connectivity index (χ1v) is 7.44. The average Bonchev–Trinajstić information content (AvgIpc) is 3.10. The Labute approximate surface area is 130 Å². The number of urea groups is 1. The first-order chi connectivity index (χ1) is 10.7. The van der Waals surface area contributed by atoms with E-state index in [1.807, 2.05) is 0 Å². The molecule has 0 spiro atoms. The topological polar surface area (TPSA) is 91.4 Å². The number of amides is 4. The van der Waals surface area contributed by atoms with E-state index in [-0.39, 0.29) is 24.9 Å². The number of aromatic nitrogens is 1. The van der Waals surface area contributed by atoms with Crippen LogP contribution in [0.4, 0.5) is 9.93 Å². The van der Waals surface area contributed by atoms with E-state index in [0.717, 1.165) is 4.90 Å². The number of hydrogen-bond donors (Lipinski definition) is 2. The highest BCUT2D eigenvalue weighted by Gasteiger charge is 2.34. The van der Waals surface area contributed by atoms with Crippen LogP contribution >= 0.6 is 11.3 Å². The minimum absolute atomic E-state index is 0.123. The molecule has 2 aromatic rings. The average molecular weight is 316 g/mol. The standard InChI is InChI=1S/C14H12N4O3S/c19-11-9-3-1-2-4-10(9)12(20)18(11)7-5-15-13(21)17-14-16-6-8-22-14/h1-4,6,8H,5,7H2,(H2,15,16,17,21). The number of fused-ring (bicyclic) bond motifs is 1. The van der Waals surface area contributed by atoms with Crippen molar-refractivity contribution in [1.82, 2.24) is 15.2 Å². The summed E-state index contributed by atoms with van der Waals surface area (Å²) in [7, 11) is 0. The normalized spacial score (nSPS) is 13.2. The quantitative estimate of drug-likeness (QED) is 0.837. The maximum Gasteiger partial charge on any atom is 0.321 e. The Morgan fingerprint density at radius 3 is 2.45 bits per heavy atom. The van der Waals surface area contributed by atoms with Crippen LogP contribution < -0.4 is 10.6 Å². The predicted molar refractivity (Wildman–Crippen MR) is 80.9 cm³/mol.